The van der Waals surface area contributed by atoms with Gasteiger partial charge in [0.15, 0.2) is 0 Å². The van der Waals surface area contributed by atoms with Gasteiger partial charge in [-0.15, -0.1) is 0 Å². The molecular weight excluding hydrogens is 473 g/mol. The van der Waals surface area contributed by atoms with Crippen LogP contribution in [0.2, 0.25) is 25.2 Å². The van der Waals surface area contributed by atoms with Crippen LogP contribution in [-0.4, -0.2) is 56.1 Å². The molecule has 0 spiro atoms. The van der Waals surface area contributed by atoms with E-state index in [1.807, 2.05) is 51.1 Å². The summed E-state index contributed by atoms with van der Waals surface area (Å²) in [6, 6.07) is 2.11. The molecule has 27 heavy (non-hydrogen) atoms. The van der Waals surface area contributed by atoms with Crippen LogP contribution < -0.4 is 0 Å². The van der Waals surface area contributed by atoms with Gasteiger partial charge in [0, 0.05) is 38.9 Å². The third-order valence-electron chi connectivity index (χ3n) is 4.89. The maximum atomic E-state index is 5.60. The molecule has 2 atom stereocenters. The minimum Gasteiger partial charge on any atom is -0.398 e. The second-order valence-corrected chi connectivity index (χ2v) is 22.0. The molecule has 0 aliphatic carbocycles. The van der Waals surface area contributed by atoms with E-state index in [0.29, 0.717) is 10.5 Å². The lowest BCUT2D eigenvalue weighted by Gasteiger charge is -2.25. The van der Waals surface area contributed by atoms with Crippen molar-refractivity contribution < 1.29 is 17.7 Å². The molecule has 11 heteroatoms. The Morgan fingerprint density at radius 2 is 0.963 bits per heavy atom. The fourth-order valence-corrected chi connectivity index (χ4v) is 15.8. The van der Waals surface area contributed by atoms with Gasteiger partial charge in [-0.2, -0.15) is 0 Å². The molecule has 0 saturated heterocycles. The topological polar surface area (TPSA) is 36.9 Å². The highest BCUT2D eigenvalue weighted by Crippen LogP contribution is 2.52. The highest BCUT2D eigenvalue weighted by molar-refractivity contribution is 9.35. The molecule has 0 fully saturated rings. The molecule has 4 nitrogen and oxygen atoms in total. The average Bonchev–Trinajstić information content (AvgIpc) is 2.71. The second kappa shape index (κ2) is 16.7. The highest BCUT2D eigenvalue weighted by Gasteiger charge is 2.30. The van der Waals surface area contributed by atoms with E-state index in [2.05, 4.69) is 26.9 Å². The smallest absolute Gasteiger partial charge is 0.334 e. The van der Waals surface area contributed by atoms with E-state index in [0.717, 1.165) is 24.9 Å². The minimum atomic E-state index is -1.94. The maximum absolute atomic E-state index is 5.60. The Balaban J connectivity index is 4.03. The van der Waals surface area contributed by atoms with Crippen LogP contribution in [0.25, 0.3) is 0 Å². The van der Waals surface area contributed by atoms with E-state index in [1.165, 1.54) is 12.8 Å². The Kier molecular flexibility index (Phi) is 17.9. The molecule has 0 radical (unpaired) electrons. The zero-order valence-corrected chi connectivity index (χ0v) is 24.2. The first-order chi connectivity index (χ1) is 12.8. The number of rotatable bonds is 18. The zero-order chi connectivity index (χ0) is 20.8. The standard InChI is InChI=1S/C16H38O4S5Si2/c1-9-15(11-13-26(7,17-3)18-4)21-23-25-24-22-16(10-2)12-14-27(8,19-5)20-6/h15-16H,9-14H2,1-8H3. The van der Waals surface area contributed by atoms with Crippen molar-refractivity contribution in [2.75, 3.05) is 28.4 Å². The predicted molar refractivity (Wildman–Crippen MR) is 136 cm³/mol. The van der Waals surface area contributed by atoms with Gasteiger partial charge in [0.05, 0.1) is 0 Å². The maximum Gasteiger partial charge on any atom is 0.334 e. The van der Waals surface area contributed by atoms with Crippen molar-refractivity contribution in [1.82, 2.24) is 0 Å². The summed E-state index contributed by atoms with van der Waals surface area (Å²) >= 11 is 0. The largest absolute Gasteiger partial charge is 0.398 e. The monoisotopic (exact) mass is 510 g/mol. The van der Waals surface area contributed by atoms with Gasteiger partial charge in [0.25, 0.3) is 0 Å². The first-order valence-electron chi connectivity index (χ1n) is 9.34. The number of hydrogen-bond donors (Lipinski definition) is 0. The SMILES string of the molecule is CCC(CC[Si](C)(OC)OC)SSSSSC(CC)CC[Si](C)(OC)OC. The van der Waals surface area contributed by atoms with Gasteiger partial charge in [-0.05, 0) is 80.3 Å². The summed E-state index contributed by atoms with van der Waals surface area (Å²) in [6.45, 7) is 8.82. The fourth-order valence-electron chi connectivity index (χ4n) is 2.22. The average molecular weight is 511 g/mol. The van der Waals surface area contributed by atoms with Gasteiger partial charge in [-0.1, -0.05) is 35.4 Å². The minimum absolute atomic E-state index is 0.655. The first kappa shape index (κ1) is 29.0. The predicted octanol–water partition coefficient (Wildman–Crippen LogP) is 7.38. The van der Waals surface area contributed by atoms with Crippen LogP contribution in [0.15, 0.2) is 0 Å². The van der Waals surface area contributed by atoms with Crippen LogP contribution in [0, 0.1) is 0 Å². The van der Waals surface area contributed by atoms with Gasteiger partial charge in [-0.3, -0.25) is 0 Å². The molecule has 0 rings (SSSR count). The third kappa shape index (κ3) is 13.1. The van der Waals surface area contributed by atoms with Crippen LogP contribution in [-0.2, 0) is 17.7 Å². The second-order valence-electron chi connectivity index (χ2n) is 6.62. The molecule has 0 aromatic carbocycles. The lowest BCUT2D eigenvalue weighted by molar-refractivity contribution is 0.248. The van der Waals surface area contributed by atoms with Crippen molar-refractivity contribution in [3.63, 3.8) is 0 Å². The molecule has 0 aromatic heterocycles. The van der Waals surface area contributed by atoms with Crippen molar-refractivity contribution in [3.05, 3.63) is 0 Å². The van der Waals surface area contributed by atoms with E-state index in [4.69, 9.17) is 17.7 Å². The van der Waals surface area contributed by atoms with Crippen molar-refractivity contribution in [3.8, 4) is 0 Å². The molecule has 0 saturated carbocycles. The Morgan fingerprint density at radius 1 is 0.630 bits per heavy atom. The summed E-state index contributed by atoms with van der Waals surface area (Å²) < 4.78 is 22.4. The van der Waals surface area contributed by atoms with Crippen LogP contribution in [0.1, 0.15) is 39.5 Å². The molecule has 0 heterocycles. The first-order valence-corrected chi connectivity index (χ1v) is 20.7. The van der Waals surface area contributed by atoms with Gasteiger partial charge in [0.1, 0.15) is 0 Å². The van der Waals surface area contributed by atoms with Crippen LogP contribution in [0.4, 0.5) is 0 Å². The van der Waals surface area contributed by atoms with E-state index in [1.54, 1.807) is 28.4 Å². The Hall–Kier alpha value is 2.02. The molecule has 0 aliphatic heterocycles. The summed E-state index contributed by atoms with van der Waals surface area (Å²) in [5.41, 5.74) is 0. The Morgan fingerprint density at radius 3 is 1.22 bits per heavy atom. The summed E-state index contributed by atoms with van der Waals surface area (Å²) in [6.07, 6.45) is 4.68. The molecule has 164 valence electrons. The van der Waals surface area contributed by atoms with Crippen molar-refractivity contribution in [1.29, 1.82) is 0 Å². The Bertz CT molecular complexity index is 332. The van der Waals surface area contributed by atoms with E-state index in [-0.39, 0.29) is 0 Å². The number of hydrogen-bond acceptors (Lipinski definition) is 9. The molecule has 0 N–H and O–H groups in total. The fraction of sp³-hybridized carbons (Fsp3) is 1.00. The molecule has 0 aliphatic rings. The summed E-state index contributed by atoms with van der Waals surface area (Å²) in [7, 11) is 12.9. The van der Waals surface area contributed by atoms with Crippen molar-refractivity contribution >= 4 is 68.2 Å². The molecular formula is C16H38O4S5Si2. The normalized spacial score (nSPS) is 15.1. The van der Waals surface area contributed by atoms with Crippen LogP contribution in [0.5, 0.6) is 0 Å². The molecule has 0 amide bonds. The lowest BCUT2D eigenvalue weighted by Crippen LogP contribution is -2.36. The van der Waals surface area contributed by atoms with Gasteiger partial charge in [0.2, 0.25) is 0 Å². The van der Waals surface area contributed by atoms with Crippen molar-refractivity contribution in [2.45, 2.75) is 75.2 Å². The van der Waals surface area contributed by atoms with Crippen LogP contribution >= 0.6 is 51.1 Å². The third-order valence-corrected chi connectivity index (χ3v) is 20.5. The van der Waals surface area contributed by atoms with Gasteiger partial charge in [-0.25, -0.2) is 0 Å². The lowest BCUT2D eigenvalue weighted by atomic mass is 10.3. The summed E-state index contributed by atoms with van der Waals surface area (Å²) in [5.74, 6) is 0. The molecule has 0 bridgehead atoms. The summed E-state index contributed by atoms with van der Waals surface area (Å²) in [5, 5.41) is 1.31. The van der Waals surface area contributed by atoms with E-state index in [9.17, 15) is 0 Å². The van der Waals surface area contributed by atoms with E-state index < -0.39 is 17.1 Å². The van der Waals surface area contributed by atoms with E-state index >= 15 is 0 Å². The van der Waals surface area contributed by atoms with Gasteiger partial charge >= 0.3 is 17.1 Å². The van der Waals surface area contributed by atoms with Gasteiger partial charge < -0.3 is 17.7 Å². The zero-order valence-electron chi connectivity index (χ0n) is 18.1. The Labute approximate surface area is 188 Å². The van der Waals surface area contributed by atoms with Crippen LogP contribution in [0.3, 0.4) is 0 Å². The molecule has 0 aromatic rings. The summed E-state index contributed by atoms with van der Waals surface area (Å²) in [4.78, 5) is 0. The van der Waals surface area contributed by atoms with Crippen molar-refractivity contribution in [2.24, 2.45) is 0 Å². The molecule has 2 unspecified atom stereocenters. The highest BCUT2D eigenvalue weighted by atomic mass is 33.8. The quantitative estimate of drug-likeness (QED) is 0.107.